The number of benzene rings is 2. The largest absolute Gasteiger partial charge is 0.483 e. The van der Waals surface area contributed by atoms with Crippen LogP contribution in [0.15, 0.2) is 65.3 Å². The number of hydrogen-bond donors (Lipinski definition) is 1. The van der Waals surface area contributed by atoms with Crippen molar-refractivity contribution in [3.63, 3.8) is 0 Å². The fourth-order valence-corrected chi connectivity index (χ4v) is 2.50. The normalized spacial score (nSPS) is 10.4. The van der Waals surface area contributed by atoms with Crippen molar-refractivity contribution in [2.45, 2.75) is 0 Å². The Bertz CT molecular complexity index is 815. The molecular formula is C17H13BrN2O2. The van der Waals surface area contributed by atoms with Crippen molar-refractivity contribution in [3.05, 3.63) is 65.3 Å². The zero-order chi connectivity index (χ0) is 15.4. The standard InChI is InChI=1S/C17H13BrN2O2/c18-13-7-1-2-9-15(13)22-11-16(21)20-14-8-3-5-12-6-4-10-19-17(12)14/h1-10H,11H2,(H,20,21). The first kappa shape index (κ1) is 14.5. The molecule has 0 spiro atoms. The first-order valence-corrected chi connectivity index (χ1v) is 7.54. The number of nitrogens with zero attached hydrogens (tertiary/aromatic N) is 1. The molecular weight excluding hydrogens is 344 g/mol. The monoisotopic (exact) mass is 356 g/mol. The lowest BCUT2D eigenvalue weighted by Gasteiger charge is -2.10. The average Bonchev–Trinajstić information content (AvgIpc) is 2.54. The van der Waals surface area contributed by atoms with Gasteiger partial charge in [-0.3, -0.25) is 9.78 Å². The zero-order valence-corrected chi connectivity index (χ0v) is 13.2. The van der Waals surface area contributed by atoms with Gasteiger partial charge >= 0.3 is 0 Å². The number of nitrogens with one attached hydrogen (secondary N) is 1. The van der Waals surface area contributed by atoms with E-state index in [1.165, 1.54) is 0 Å². The maximum Gasteiger partial charge on any atom is 0.262 e. The van der Waals surface area contributed by atoms with Gasteiger partial charge in [0, 0.05) is 11.6 Å². The second-order valence-electron chi connectivity index (χ2n) is 4.65. The van der Waals surface area contributed by atoms with E-state index < -0.39 is 0 Å². The van der Waals surface area contributed by atoms with E-state index in [0.717, 1.165) is 15.4 Å². The Labute approximate surface area is 136 Å². The maximum absolute atomic E-state index is 12.1. The molecule has 0 saturated heterocycles. The number of hydrogen-bond acceptors (Lipinski definition) is 3. The van der Waals surface area contributed by atoms with Crippen LogP contribution in [0.2, 0.25) is 0 Å². The van der Waals surface area contributed by atoms with Crippen LogP contribution in [0, 0.1) is 0 Å². The van der Waals surface area contributed by atoms with Gasteiger partial charge in [0.25, 0.3) is 5.91 Å². The van der Waals surface area contributed by atoms with E-state index in [-0.39, 0.29) is 12.5 Å². The number of ether oxygens (including phenoxy) is 1. The first-order chi connectivity index (χ1) is 10.7. The average molecular weight is 357 g/mol. The van der Waals surface area contributed by atoms with E-state index in [1.54, 1.807) is 12.3 Å². The van der Waals surface area contributed by atoms with E-state index in [4.69, 9.17) is 4.74 Å². The Kier molecular flexibility index (Phi) is 4.34. The molecule has 0 bridgehead atoms. The minimum Gasteiger partial charge on any atom is -0.483 e. The summed E-state index contributed by atoms with van der Waals surface area (Å²) in [5, 5.41) is 3.81. The summed E-state index contributed by atoms with van der Waals surface area (Å²) in [6.45, 7) is -0.0637. The highest BCUT2D eigenvalue weighted by Crippen LogP contribution is 2.24. The highest BCUT2D eigenvalue weighted by atomic mass is 79.9. The number of amides is 1. The van der Waals surface area contributed by atoms with Crippen LogP contribution < -0.4 is 10.1 Å². The third-order valence-electron chi connectivity index (χ3n) is 3.10. The lowest BCUT2D eigenvalue weighted by Crippen LogP contribution is -2.20. The molecule has 4 nitrogen and oxygen atoms in total. The Hall–Kier alpha value is -2.40. The summed E-state index contributed by atoms with van der Waals surface area (Å²) in [5.74, 6) is 0.405. The van der Waals surface area contributed by atoms with E-state index in [1.807, 2.05) is 48.5 Å². The molecule has 1 amide bonds. The van der Waals surface area contributed by atoms with Crippen LogP contribution >= 0.6 is 15.9 Å². The number of anilines is 1. The molecule has 5 heteroatoms. The van der Waals surface area contributed by atoms with Gasteiger partial charge in [-0.1, -0.05) is 30.3 Å². The van der Waals surface area contributed by atoms with Crippen molar-refractivity contribution in [1.82, 2.24) is 4.98 Å². The summed E-state index contributed by atoms with van der Waals surface area (Å²) in [6, 6.07) is 16.9. The topological polar surface area (TPSA) is 51.2 Å². The van der Waals surface area contributed by atoms with Crippen LogP contribution in [0.5, 0.6) is 5.75 Å². The Morgan fingerprint density at radius 3 is 2.77 bits per heavy atom. The van der Waals surface area contributed by atoms with Crippen LogP contribution in [-0.2, 0) is 4.79 Å². The van der Waals surface area contributed by atoms with Crippen molar-refractivity contribution in [2.75, 3.05) is 11.9 Å². The summed E-state index contributed by atoms with van der Waals surface area (Å²) >= 11 is 3.38. The quantitative estimate of drug-likeness (QED) is 0.768. The predicted molar refractivity (Wildman–Crippen MR) is 90.0 cm³/mol. The van der Waals surface area contributed by atoms with Gasteiger partial charge < -0.3 is 10.1 Å². The van der Waals surface area contributed by atoms with Gasteiger partial charge in [-0.25, -0.2) is 0 Å². The molecule has 110 valence electrons. The number of pyridine rings is 1. The summed E-state index contributed by atoms with van der Waals surface area (Å²) < 4.78 is 6.32. The zero-order valence-electron chi connectivity index (χ0n) is 11.6. The number of halogens is 1. The van der Waals surface area contributed by atoms with Crippen molar-refractivity contribution < 1.29 is 9.53 Å². The lowest BCUT2D eigenvalue weighted by molar-refractivity contribution is -0.118. The maximum atomic E-state index is 12.1. The molecule has 0 aliphatic carbocycles. The fourth-order valence-electron chi connectivity index (χ4n) is 2.10. The molecule has 0 aliphatic rings. The fraction of sp³-hybridized carbons (Fsp3) is 0.0588. The summed E-state index contributed by atoms with van der Waals surface area (Å²) in [7, 11) is 0. The van der Waals surface area contributed by atoms with E-state index in [0.29, 0.717) is 11.4 Å². The highest BCUT2D eigenvalue weighted by Gasteiger charge is 2.08. The lowest BCUT2D eigenvalue weighted by atomic mass is 10.2. The van der Waals surface area contributed by atoms with Crippen LogP contribution in [0.4, 0.5) is 5.69 Å². The van der Waals surface area contributed by atoms with Gasteiger partial charge in [-0.2, -0.15) is 0 Å². The molecule has 1 heterocycles. The van der Waals surface area contributed by atoms with Crippen molar-refractivity contribution in [1.29, 1.82) is 0 Å². The third kappa shape index (κ3) is 3.26. The Morgan fingerprint density at radius 2 is 1.91 bits per heavy atom. The van der Waals surface area contributed by atoms with Crippen LogP contribution in [0.1, 0.15) is 0 Å². The minimum absolute atomic E-state index is 0.0637. The van der Waals surface area contributed by atoms with Crippen LogP contribution in [0.3, 0.4) is 0 Å². The molecule has 0 atom stereocenters. The molecule has 3 aromatic rings. The molecule has 3 rings (SSSR count). The predicted octanol–water partition coefficient (Wildman–Crippen LogP) is 4.01. The number of para-hydroxylation sites is 2. The van der Waals surface area contributed by atoms with Crippen LogP contribution in [-0.4, -0.2) is 17.5 Å². The highest BCUT2D eigenvalue weighted by molar-refractivity contribution is 9.10. The minimum atomic E-state index is -0.228. The molecule has 0 unspecified atom stereocenters. The van der Waals surface area contributed by atoms with Gasteiger partial charge in [0.1, 0.15) is 5.75 Å². The Balaban J connectivity index is 1.70. The molecule has 1 N–H and O–H groups in total. The third-order valence-corrected chi connectivity index (χ3v) is 3.76. The number of fused-ring (bicyclic) bond motifs is 1. The van der Waals surface area contributed by atoms with Gasteiger partial charge in [-0.05, 0) is 40.2 Å². The van der Waals surface area contributed by atoms with Crippen molar-refractivity contribution >= 4 is 38.4 Å². The molecule has 0 aliphatic heterocycles. The molecule has 1 aromatic heterocycles. The summed E-state index contributed by atoms with van der Waals surface area (Å²) in [6.07, 6.45) is 1.70. The van der Waals surface area contributed by atoms with Gasteiger partial charge in [-0.15, -0.1) is 0 Å². The van der Waals surface area contributed by atoms with Crippen LogP contribution in [0.25, 0.3) is 10.9 Å². The second-order valence-corrected chi connectivity index (χ2v) is 5.50. The molecule has 0 fully saturated rings. The Morgan fingerprint density at radius 1 is 1.09 bits per heavy atom. The summed E-state index contributed by atoms with van der Waals surface area (Å²) in [5.41, 5.74) is 1.44. The van der Waals surface area contributed by atoms with E-state index >= 15 is 0 Å². The second kappa shape index (κ2) is 6.58. The van der Waals surface area contributed by atoms with Crippen molar-refractivity contribution in [3.8, 4) is 5.75 Å². The SMILES string of the molecule is O=C(COc1ccccc1Br)Nc1cccc2cccnc12. The molecule has 0 saturated carbocycles. The number of aromatic nitrogens is 1. The number of carbonyl (C=O) groups excluding carboxylic acids is 1. The van der Waals surface area contributed by atoms with E-state index in [9.17, 15) is 4.79 Å². The van der Waals surface area contributed by atoms with Gasteiger partial charge in [0.15, 0.2) is 6.61 Å². The first-order valence-electron chi connectivity index (χ1n) is 6.75. The molecule has 2 aromatic carbocycles. The number of rotatable bonds is 4. The van der Waals surface area contributed by atoms with Gasteiger partial charge in [0.2, 0.25) is 0 Å². The molecule has 22 heavy (non-hydrogen) atoms. The summed E-state index contributed by atoms with van der Waals surface area (Å²) in [4.78, 5) is 16.4. The molecule has 0 radical (unpaired) electrons. The van der Waals surface area contributed by atoms with Gasteiger partial charge in [0.05, 0.1) is 15.7 Å². The number of carbonyl (C=O) groups is 1. The van der Waals surface area contributed by atoms with Crippen molar-refractivity contribution in [2.24, 2.45) is 0 Å². The smallest absolute Gasteiger partial charge is 0.262 e. The van der Waals surface area contributed by atoms with E-state index in [2.05, 4.69) is 26.2 Å².